The van der Waals surface area contributed by atoms with Gasteiger partial charge in [0.15, 0.2) is 0 Å². The van der Waals surface area contributed by atoms with Gasteiger partial charge in [0.05, 0.1) is 11.5 Å². The fourth-order valence-electron chi connectivity index (χ4n) is 2.45. The first kappa shape index (κ1) is 15.6. The zero-order valence-corrected chi connectivity index (χ0v) is 12.7. The molecule has 0 bridgehead atoms. The standard InChI is InChI=1S/C16H13FN4O3/c1-11-8-12(6-7-14(11)21(23)24)9-19-10-18-20(16(19)22)15-5-3-2-4-13(15)17/h2-8,10H,9H2,1H3. The number of rotatable bonds is 4. The van der Waals surface area contributed by atoms with Crippen LogP contribution in [0.4, 0.5) is 10.1 Å². The van der Waals surface area contributed by atoms with E-state index in [9.17, 15) is 19.3 Å². The molecule has 3 rings (SSSR count). The van der Waals surface area contributed by atoms with E-state index in [1.807, 2.05) is 0 Å². The highest BCUT2D eigenvalue weighted by molar-refractivity contribution is 5.41. The number of nitro groups is 1. The second kappa shape index (κ2) is 6.07. The quantitative estimate of drug-likeness (QED) is 0.544. The number of para-hydroxylation sites is 1. The fraction of sp³-hybridized carbons (Fsp3) is 0.125. The molecule has 0 saturated carbocycles. The molecule has 0 aliphatic heterocycles. The van der Waals surface area contributed by atoms with E-state index >= 15 is 0 Å². The van der Waals surface area contributed by atoms with Crippen LogP contribution in [0.3, 0.4) is 0 Å². The summed E-state index contributed by atoms with van der Waals surface area (Å²) in [5.41, 5.74) is 0.825. The maximum atomic E-state index is 13.8. The summed E-state index contributed by atoms with van der Waals surface area (Å²) in [7, 11) is 0. The zero-order valence-electron chi connectivity index (χ0n) is 12.7. The normalized spacial score (nSPS) is 10.8. The zero-order chi connectivity index (χ0) is 17.3. The van der Waals surface area contributed by atoms with Crippen LogP contribution in [0.5, 0.6) is 0 Å². The Hall–Kier alpha value is -3.29. The molecule has 1 aromatic heterocycles. The lowest BCUT2D eigenvalue weighted by atomic mass is 10.1. The van der Waals surface area contributed by atoms with Gasteiger partial charge in [-0.25, -0.2) is 9.18 Å². The maximum absolute atomic E-state index is 13.8. The highest BCUT2D eigenvalue weighted by Crippen LogP contribution is 2.19. The first-order valence-electron chi connectivity index (χ1n) is 7.10. The van der Waals surface area contributed by atoms with Gasteiger partial charge >= 0.3 is 5.69 Å². The highest BCUT2D eigenvalue weighted by atomic mass is 19.1. The van der Waals surface area contributed by atoms with Crippen molar-refractivity contribution in [1.82, 2.24) is 14.3 Å². The smallest absolute Gasteiger partial charge is 0.277 e. The number of halogens is 1. The lowest BCUT2D eigenvalue weighted by Gasteiger charge is -2.04. The summed E-state index contributed by atoms with van der Waals surface area (Å²) in [6.07, 6.45) is 1.31. The van der Waals surface area contributed by atoms with Crippen molar-refractivity contribution in [3.63, 3.8) is 0 Å². The van der Waals surface area contributed by atoms with E-state index in [0.29, 0.717) is 11.1 Å². The third kappa shape index (κ3) is 2.81. The van der Waals surface area contributed by atoms with Gasteiger partial charge in [-0.3, -0.25) is 14.7 Å². The van der Waals surface area contributed by atoms with Gasteiger partial charge in [0.1, 0.15) is 17.8 Å². The molecule has 0 radical (unpaired) electrons. The summed E-state index contributed by atoms with van der Waals surface area (Å²) in [5, 5.41) is 14.8. The molecule has 8 heteroatoms. The van der Waals surface area contributed by atoms with Crippen molar-refractivity contribution in [3.05, 3.63) is 86.3 Å². The minimum Gasteiger partial charge on any atom is -0.277 e. The molecule has 0 atom stereocenters. The molecule has 2 aromatic carbocycles. The molecule has 0 saturated heterocycles. The van der Waals surface area contributed by atoms with Gasteiger partial charge < -0.3 is 0 Å². The Morgan fingerprint density at radius 3 is 2.67 bits per heavy atom. The fourth-order valence-corrected chi connectivity index (χ4v) is 2.45. The van der Waals surface area contributed by atoms with E-state index in [0.717, 1.165) is 4.68 Å². The van der Waals surface area contributed by atoms with Crippen molar-refractivity contribution in [2.75, 3.05) is 0 Å². The Bertz CT molecular complexity index is 977. The lowest BCUT2D eigenvalue weighted by molar-refractivity contribution is -0.385. The van der Waals surface area contributed by atoms with Gasteiger partial charge in [0, 0.05) is 11.6 Å². The maximum Gasteiger partial charge on any atom is 0.350 e. The summed E-state index contributed by atoms with van der Waals surface area (Å²) in [6.45, 7) is 1.82. The Kier molecular flexibility index (Phi) is 3.95. The summed E-state index contributed by atoms with van der Waals surface area (Å²) < 4.78 is 16.1. The van der Waals surface area contributed by atoms with Gasteiger partial charge in [0.2, 0.25) is 0 Å². The van der Waals surface area contributed by atoms with Crippen molar-refractivity contribution < 1.29 is 9.31 Å². The van der Waals surface area contributed by atoms with Gasteiger partial charge in [-0.15, -0.1) is 0 Å². The lowest BCUT2D eigenvalue weighted by Crippen LogP contribution is -2.24. The van der Waals surface area contributed by atoms with Crippen LogP contribution in [0.1, 0.15) is 11.1 Å². The number of aromatic nitrogens is 3. The molecule has 0 aliphatic carbocycles. The van der Waals surface area contributed by atoms with Gasteiger partial charge in [-0.1, -0.05) is 18.2 Å². The number of nitrogens with zero attached hydrogens (tertiary/aromatic N) is 4. The second-order valence-electron chi connectivity index (χ2n) is 5.28. The Morgan fingerprint density at radius 1 is 1.25 bits per heavy atom. The van der Waals surface area contributed by atoms with Crippen molar-refractivity contribution in [2.24, 2.45) is 0 Å². The highest BCUT2D eigenvalue weighted by Gasteiger charge is 2.13. The van der Waals surface area contributed by atoms with E-state index in [-0.39, 0.29) is 17.9 Å². The molecule has 0 N–H and O–H groups in total. The number of benzene rings is 2. The van der Waals surface area contributed by atoms with Gasteiger partial charge in [-0.2, -0.15) is 9.78 Å². The molecule has 0 spiro atoms. The van der Waals surface area contributed by atoms with Crippen LogP contribution in [0.2, 0.25) is 0 Å². The average molecular weight is 328 g/mol. The predicted octanol–water partition coefficient (Wildman–Crippen LogP) is 2.44. The van der Waals surface area contributed by atoms with Crippen LogP contribution in [-0.2, 0) is 6.54 Å². The van der Waals surface area contributed by atoms with Crippen LogP contribution in [0, 0.1) is 22.9 Å². The summed E-state index contributed by atoms with van der Waals surface area (Å²) in [6, 6.07) is 10.5. The minimum atomic E-state index is -0.545. The Morgan fingerprint density at radius 2 is 2.00 bits per heavy atom. The molecular weight excluding hydrogens is 315 g/mol. The predicted molar refractivity (Wildman–Crippen MR) is 84.7 cm³/mol. The van der Waals surface area contributed by atoms with E-state index < -0.39 is 16.4 Å². The number of hydrogen-bond acceptors (Lipinski definition) is 4. The molecule has 1 heterocycles. The van der Waals surface area contributed by atoms with E-state index in [2.05, 4.69) is 5.10 Å². The summed E-state index contributed by atoms with van der Waals surface area (Å²) in [4.78, 5) is 22.8. The first-order chi connectivity index (χ1) is 11.5. The Balaban J connectivity index is 1.93. The topological polar surface area (TPSA) is 83.0 Å². The van der Waals surface area contributed by atoms with E-state index in [1.165, 1.54) is 35.2 Å². The van der Waals surface area contributed by atoms with E-state index in [4.69, 9.17) is 0 Å². The Labute approximate surface area is 135 Å². The molecule has 3 aromatic rings. The molecular formula is C16H13FN4O3. The average Bonchev–Trinajstić information content (AvgIpc) is 2.88. The van der Waals surface area contributed by atoms with Crippen molar-refractivity contribution in [2.45, 2.75) is 13.5 Å². The number of hydrogen-bond donors (Lipinski definition) is 0. The second-order valence-corrected chi connectivity index (χ2v) is 5.28. The molecule has 24 heavy (non-hydrogen) atoms. The van der Waals surface area contributed by atoms with Crippen molar-refractivity contribution in [3.8, 4) is 5.69 Å². The third-order valence-electron chi connectivity index (χ3n) is 3.62. The SMILES string of the molecule is Cc1cc(Cn2cnn(-c3ccccc3F)c2=O)ccc1[N+](=O)[O-]. The first-order valence-corrected chi connectivity index (χ1v) is 7.10. The molecule has 0 unspecified atom stereocenters. The molecule has 0 amide bonds. The molecule has 122 valence electrons. The van der Waals surface area contributed by atoms with E-state index in [1.54, 1.807) is 25.1 Å². The molecule has 0 aliphatic rings. The van der Waals surface area contributed by atoms with Crippen molar-refractivity contribution >= 4 is 5.69 Å². The van der Waals surface area contributed by atoms with Crippen LogP contribution in [0.15, 0.2) is 53.6 Å². The van der Waals surface area contributed by atoms with Gasteiger partial charge in [-0.05, 0) is 30.7 Å². The largest absolute Gasteiger partial charge is 0.350 e. The molecule has 0 fully saturated rings. The van der Waals surface area contributed by atoms with Crippen LogP contribution in [0.25, 0.3) is 5.69 Å². The monoisotopic (exact) mass is 328 g/mol. The third-order valence-corrected chi connectivity index (χ3v) is 3.62. The number of aryl methyl sites for hydroxylation is 1. The summed E-state index contributed by atoms with van der Waals surface area (Å²) >= 11 is 0. The summed E-state index contributed by atoms with van der Waals surface area (Å²) in [5.74, 6) is -0.545. The molecule has 7 nitrogen and oxygen atoms in total. The van der Waals surface area contributed by atoms with Crippen LogP contribution >= 0.6 is 0 Å². The minimum absolute atomic E-state index is 0.0214. The van der Waals surface area contributed by atoms with Crippen LogP contribution < -0.4 is 5.69 Å². The van der Waals surface area contributed by atoms with Crippen molar-refractivity contribution in [1.29, 1.82) is 0 Å². The van der Waals surface area contributed by atoms with Gasteiger partial charge in [0.25, 0.3) is 5.69 Å². The number of nitro benzene ring substituents is 1. The van der Waals surface area contributed by atoms with Crippen LogP contribution in [-0.4, -0.2) is 19.3 Å².